The zero-order chi connectivity index (χ0) is 19.4. The lowest BCUT2D eigenvalue weighted by Crippen LogP contribution is -2.67. The van der Waals surface area contributed by atoms with Gasteiger partial charge in [0, 0.05) is 25.7 Å². The van der Waals surface area contributed by atoms with Crippen LogP contribution in [0.1, 0.15) is 58.3 Å². The predicted octanol–water partition coefficient (Wildman–Crippen LogP) is 2.03. The maximum absolute atomic E-state index is 12.0. The third-order valence-electron chi connectivity index (χ3n) is 4.97. The zero-order valence-corrected chi connectivity index (χ0v) is 16.8. The van der Waals surface area contributed by atoms with Crippen molar-refractivity contribution in [2.75, 3.05) is 38.7 Å². The maximum atomic E-state index is 12.0. The van der Waals surface area contributed by atoms with Gasteiger partial charge in [-0.2, -0.15) is 0 Å². The number of carbonyl (C=O) groups excluding carboxylic acids is 2. The van der Waals surface area contributed by atoms with Gasteiger partial charge < -0.3 is 19.4 Å². The minimum Gasteiger partial charge on any atom is -0.463 e. The van der Waals surface area contributed by atoms with Crippen molar-refractivity contribution in [2.45, 2.75) is 70.5 Å². The fourth-order valence-electron chi connectivity index (χ4n) is 3.45. The molecule has 1 saturated heterocycles. The Labute approximate surface area is 162 Å². The number of halogens is 1. The Balaban J connectivity index is 2.07. The molecule has 1 atom stereocenters. The summed E-state index contributed by atoms with van der Waals surface area (Å²) in [4.78, 5) is 23.5. The lowest BCUT2D eigenvalue weighted by molar-refractivity contribution is -0.972. The Hall–Kier alpha value is -0.690. The summed E-state index contributed by atoms with van der Waals surface area (Å²) >= 11 is 5.42. The van der Waals surface area contributed by atoms with E-state index in [-0.39, 0.29) is 36.8 Å². The Morgan fingerprint density at radius 1 is 1.12 bits per heavy atom. The van der Waals surface area contributed by atoms with Gasteiger partial charge in [0.1, 0.15) is 31.6 Å². The number of hydrogen-bond donors (Lipinski definition) is 2. The first-order valence-electron chi connectivity index (χ1n) is 9.85. The number of aliphatic hydroxyl groups excluding tert-OH is 2. The van der Waals surface area contributed by atoms with E-state index in [0.29, 0.717) is 25.7 Å². The molecule has 0 amide bonds. The summed E-state index contributed by atoms with van der Waals surface area (Å²) in [5, 5.41) is 18.8. The summed E-state index contributed by atoms with van der Waals surface area (Å²) in [5.41, 5.74) is 0. The molecule has 152 valence electrons. The van der Waals surface area contributed by atoms with Crippen molar-refractivity contribution in [2.24, 2.45) is 0 Å². The zero-order valence-electron chi connectivity index (χ0n) is 16.0. The van der Waals surface area contributed by atoms with Gasteiger partial charge in [-0.15, -0.1) is 11.6 Å². The monoisotopic (exact) mass is 392 g/mol. The Kier molecular flexibility index (Phi) is 11.4. The quantitative estimate of drug-likeness (QED) is 0.193. The smallest absolute Gasteiger partial charge is 0.305 e. The first-order chi connectivity index (χ1) is 12.4. The van der Waals surface area contributed by atoms with E-state index in [1.807, 2.05) is 0 Å². The normalized spacial score (nSPS) is 23.3. The van der Waals surface area contributed by atoms with Crippen molar-refractivity contribution in [1.82, 2.24) is 0 Å². The van der Waals surface area contributed by atoms with Gasteiger partial charge in [-0.3, -0.25) is 9.59 Å². The number of esters is 1. The highest BCUT2D eigenvalue weighted by atomic mass is 35.5. The molecule has 26 heavy (non-hydrogen) atoms. The highest BCUT2D eigenvalue weighted by Crippen LogP contribution is 2.23. The minimum absolute atomic E-state index is 0.0409. The van der Waals surface area contributed by atoms with Crippen molar-refractivity contribution in [3.05, 3.63) is 0 Å². The van der Waals surface area contributed by atoms with Crippen LogP contribution in [0.3, 0.4) is 0 Å². The number of rotatable bonds is 15. The van der Waals surface area contributed by atoms with Crippen LogP contribution in [0.15, 0.2) is 0 Å². The lowest BCUT2D eigenvalue weighted by Gasteiger charge is -2.48. The van der Waals surface area contributed by atoms with Gasteiger partial charge in [0.05, 0.1) is 19.0 Å². The molecule has 0 aromatic heterocycles. The molecule has 0 aromatic rings. The molecule has 1 unspecified atom stereocenters. The van der Waals surface area contributed by atoms with Gasteiger partial charge >= 0.3 is 5.97 Å². The molecule has 0 bridgehead atoms. The standard InChI is InChI=1S/C19H35ClNO5/c1-2-3-10-21(13-18(24)14-21)11-6-8-16(22)7-4-5-9-19(25)26-15-17(23)12-20/h17-18,23-24H,2-15H2,1H3/q+1. The molecule has 1 aliphatic rings. The first-order valence-corrected chi connectivity index (χ1v) is 10.4. The Morgan fingerprint density at radius 2 is 1.73 bits per heavy atom. The number of hydrogen-bond acceptors (Lipinski definition) is 5. The van der Waals surface area contributed by atoms with Gasteiger partial charge in [-0.1, -0.05) is 13.3 Å². The maximum Gasteiger partial charge on any atom is 0.305 e. The number of carbonyl (C=O) groups is 2. The van der Waals surface area contributed by atoms with Crippen LogP contribution in [-0.2, 0) is 14.3 Å². The second kappa shape index (κ2) is 12.7. The summed E-state index contributed by atoms with van der Waals surface area (Å²) in [7, 11) is 0. The Bertz CT molecular complexity index is 426. The number of ketones is 1. The molecule has 1 heterocycles. The third-order valence-corrected chi connectivity index (χ3v) is 5.33. The van der Waals surface area contributed by atoms with Gasteiger partial charge in [0.2, 0.25) is 0 Å². The summed E-state index contributed by atoms with van der Waals surface area (Å²) in [6.45, 7) is 5.82. The van der Waals surface area contributed by atoms with Crippen LogP contribution >= 0.6 is 11.6 Å². The molecule has 1 fully saturated rings. The summed E-state index contributed by atoms with van der Waals surface area (Å²) in [6, 6.07) is 0. The SMILES string of the molecule is CCCC[N+]1(CCCC(=O)CCCCC(=O)OCC(O)CCl)CC(O)C1. The van der Waals surface area contributed by atoms with Crippen LogP contribution < -0.4 is 0 Å². The second-order valence-electron chi connectivity index (χ2n) is 7.50. The van der Waals surface area contributed by atoms with Crippen molar-refractivity contribution < 1.29 is 29.0 Å². The molecule has 0 aromatic carbocycles. The molecule has 0 aliphatic carbocycles. The summed E-state index contributed by atoms with van der Waals surface area (Å²) in [6.07, 6.45) is 4.83. The van der Waals surface area contributed by atoms with Gasteiger partial charge in [-0.25, -0.2) is 0 Å². The topological polar surface area (TPSA) is 83.8 Å². The number of unbranched alkanes of at least 4 members (excludes halogenated alkanes) is 2. The number of quaternary nitrogens is 1. The first kappa shape index (κ1) is 23.3. The third kappa shape index (κ3) is 9.31. The van der Waals surface area contributed by atoms with E-state index in [1.165, 1.54) is 6.42 Å². The van der Waals surface area contributed by atoms with Crippen molar-refractivity contribution in [3.8, 4) is 0 Å². The predicted molar refractivity (Wildman–Crippen MR) is 101 cm³/mol. The van der Waals surface area contributed by atoms with Crippen LogP contribution in [0.4, 0.5) is 0 Å². The molecule has 6 nitrogen and oxygen atoms in total. The van der Waals surface area contributed by atoms with Gasteiger partial charge in [0.15, 0.2) is 6.10 Å². The summed E-state index contributed by atoms with van der Waals surface area (Å²) in [5.74, 6) is -0.0786. The second-order valence-corrected chi connectivity index (χ2v) is 7.81. The molecule has 0 radical (unpaired) electrons. The molecule has 0 spiro atoms. The number of likely N-dealkylation sites (tertiary alicyclic amines) is 1. The van der Waals surface area contributed by atoms with Crippen molar-refractivity contribution in [3.63, 3.8) is 0 Å². The van der Waals surface area contributed by atoms with E-state index in [9.17, 15) is 19.8 Å². The van der Waals surface area contributed by atoms with Crippen LogP contribution in [0, 0.1) is 0 Å². The largest absolute Gasteiger partial charge is 0.463 e. The molecular weight excluding hydrogens is 358 g/mol. The van der Waals surface area contributed by atoms with E-state index in [1.54, 1.807) is 0 Å². The number of aliphatic hydroxyl groups is 2. The van der Waals surface area contributed by atoms with E-state index >= 15 is 0 Å². The van der Waals surface area contributed by atoms with Crippen LogP contribution in [0.25, 0.3) is 0 Å². The summed E-state index contributed by atoms with van der Waals surface area (Å²) < 4.78 is 5.84. The lowest BCUT2D eigenvalue weighted by atomic mass is 10.0. The fraction of sp³-hybridized carbons (Fsp3) is 0.895. The number of ether oxygens (including phenoxy) is 1. The van der Waals surface area contributed by atoms with Crippen LogP contribution in [0.5, 0.6) is 0 Å². The number of Topliss-reactive ketones (excluding diaryl/α,β-unsaturated/α-hetero) is 1. The molecule has 2 N–H and O–H groups in total. The molecule has 7 heteroatoms. The molecule has 1 rings (SSSR count). The fourth-order valence-corrected chi connectivity index (χ4v) is 3.53. The van der Waals surface area contributed by atoms with Gasteiger partial charge in [0.25, 0.3) is 0 Å². The van der Waals surface area contributed by atoms with Crippen molar-refractivity contribution in [1.29, 1.82) is 0 Å². The van der Waals surface area contributed by atoms with Gasteiger partial charge in [-0.05, 0) is 19.3 Å². The number of alkyl halides is 1. The van der Waals surface area contributed by atoms with E-state index in [4.69, 9.17) is 16.3 Å². The minimum atomic E-state index is -0.821. The molecular formula is C19H35ClNO5+. The highest BCUT2D eigenvalue weighted by molar-refractivity contribution is 6.18. The van der Waals surface area contributed by atoms with E-state index in [0.717, 1.165) is 43.5 Å². The average Bonchev–Trinajstić information content (AvgIpc) is 2.59. The highest BCUT2D eigenvalue weighted by Gasteiger charge is 2.41. The van der Waals surface area contributed by atoms with Crippen LogP contribution in [-0.4, -0.2) is 77.3 Å². The average molecular weight is 393 g/mol. The van der Waals surface area contributed by atoms with Crippen molar-refractivity contribution >= 4 is 23.4 Å². The van der Waals surface area contributed by atoms with E-state index in [2.05, 4.69) is 6.92 Å². The van der Waals surface area contributed by atoms with E-state index < -0.39 is 6.10 Å². The molecule has 0 saturated carbocycles. The van der Waals surface area contributed by atoms with Crippen LogP contribution in [0.2, 0.25) is 0 Å². The Morgan fingerprint density at radius 3 is 2.35 bits per heavy atom. The molecule has 1 aliphatic heterocycles. The number of nitrogens with zero attached hydrogens (tertiary/aromatic N) is 1.